The number of ether oxygens (including phenoxy) is 1. The number of hydrogen-bond acceptors (Lipinski definition) is 4. The summed E-state index contributed by atoms with van der Waals surface area (Å²) in [5.74, 6) is 0.194. The molecule has 1 saturated heterocycles. The zero-order valence-electron chi connectivity index (χ0n) is 13.8. The summed E-state index contributed by atoms with van der Waals surface area (Å²) in [5.41, 5.74) is 1.02. The monoisotopic (exact) mass is 329 g/mol. The molecule has 0 saturated carbocycles. The van der Waals surface area contributed by atoms with Gasteiger partial charge in [0.15, 0.2) is 0 Å². The number of carbonyl (C=O) groups is 1. The highest BCUT2D eigenvalue weighted by Gasteiger charge is 2.29. The Kier molecular flexibility index (Phi) is 4.76. The fraction of sp³-hybridized carbons (Fsp3) is 0.333. The van der Waals surface area contributed by atoms with E-state index in [1.807, 2.05) is 19.0 Å². The van der Waals surface area contributed by atoms with Crippen molar-refractivity contribution >= 4 is 11.7 Å². The Hall–Kier alpha value is -2.47. The second-order valence-electron chi connectivity index (χ2n) is 5.90. The van der Waals surface area contributed by atoms with Crippen LogP contribution in [0.4, 0.5) is 10.2 Å². The summed E-state index contributed by atoms with van der Waals surface area (Å²) >= 11 is 0. The maximum Gasteiger partial charge on any atom is 0.257 e. The molecule has 0 spiro atoms. The van der Waals surface area contributed by atoms with Crippen LogP contribution >= 0.6 is 0 Å². The molecule has 0 unspecified atom stereocenters. The fourth-order valence-corrected chi connectivity index (χ4v) is 2.85. The minimum atomic E-state index is -0.455. The second-order valence-corrected chi connectivity index (χ2v) is 5.90. The summed E-state index contributed by atoms with van der Waals surface area (Å²) in [6, 6.07) is 10.0. The zero-order valence-corrected chi connectivity index (χ0v) is 13.8. The van der Waals surface area contributed by atoms with Gasteiger partial charge in [-0.1, -0.05) is 18.2 Å². The van der Waals surface area contributed by atoms with Crippen LogP contribution in [0.1, 0.15) is 22.0 Å². The molecule has 3 rings (SSSR count). The normalized spacial score (nSPS) is 17.6. The third-order valence-electron chi connectivity index (χ3n) is 4.05. The first-order chi connectivity index (χ1) is 11.6. The van der Waals surface area contributed by atoms with Gasteiger partial charge in [-0.05, 0) is 18.2 Å². The van der Waals surface area contributed by atoms with Gasteiger partial charge >= 0.3 is 0 Å². The van der Waals surface area contributed by atoms with Crippen molar-refractivity contribution in [1.29, 1.82) is 0 Å². The highest BCUT2D eigenvalue weighted by Crippen LogP contribution is 2.26. The van der Waals surface area contributed by atoms with Gasteiger partial charge in [-0.15, -0.1) is 0 Å². The molecule has 6 heteroatoms. The van der Waals surface area contributed by atoms with E-state index in [1.165, 1.54) is 6.07 Å². The molecule has 1 aliphatic rings. The van der Waals surface area contributed by atoms with Crippen LogP contribution in [-0.4, -0.2) is 49.6 Å². The highest BCUT2D eigenvalue weighted by atomic mass is 19.1. The van der Waals surface area contributed by atoms with Crippen LogP contribution in [0.3, 0.4) is 0 Å². The SMILES string of the molecule is CN(C)c1ncccc1C(=O)N1CCO[C@@H](c2ccccc2F)C1. The van der Waals surface area contributed by atoms with Crippen LogP contribution in [0, 0.1) is 5.82 Å². The molecule has 1 atom stereocenters. The number of anilines is 1. The van der Waals surface area contributed by atoms with E-state index in [4.69, 9.17) is 4.74 Å². The van der Waals surface area contributed by atoms with Crippen molar-refractivity contribution in [2.24, 2.45) is 0 Å². The van der Waals surface area contributed by atoms with Crippen LogP contribution in [-0.2, 0) is 4.74 Å². The number of hydrogen-bond donors (Lipinski definition) is 0. The second kappa shape index (κ2) is 6.97. The van der Waals surface area contributed by atoms with Gasteiger partial charge in [0.25, 0.3) is 5.91 Å². The molecule has 0 bridgehead atoms. The quantitative estimate of drug-likeness (QED) is 0.868. The Morgan fingerprint density at radius 1 is 1.29 bits per heavy atom. The predicted molar refractivity (Wildman–Crippen MR) is 89.6 cm³/mol. The van der Waals surface area contributed by atoms with E-state index in [9.17, 15) is 9.18 Å². The Labute approximate surface area is 140 Å². The van der Waals surface area contributed by atoms with E-state index in [1.54, 1.807) is 41.4 Å². The van der Waals surface area contributed by atoms with E-state index in [-0.39, 0.29) is 11.7 Å². The Morgan fingerprint density at radius 3 is 2.83 bits per heavy atom. The molecule has 0 aliphatic carbocycles. The van der Waals surface area contributed by atoms with Crippen molar-refractivity contribution < 1.29 is 13.9 Å². The number of nitrogens with zero attached hydrogens (tertiary/aromatic N) is 3. The Morgan fingerprint density at radius 2 is 2.08 bits per heavy atom. The summed E-state index contributed by atoms with van der Waals surface area (Å²) in [6.07, 6.45) is 1.21. The molecule has 1 amide bonds. The molecule has 126 valence electrons. The molecule has 5 nitrogen and oxygen atoms in total. The summed E-state index contributed by atoms with van der Waals surface area (Å²) in [7, 11) is 3.70. The van der Waals surface area contributed by atoms with Gasteiger partial charge in [0.1, 0.15) is 17.7 Å². The highest BCUT2D eigenvalue weighted by molar-refractivity contribution is 5.98. The van der Waals surface area contributed by atoms with Crippen LogP contribution in [0.25, 0.3) is 0 Å². The third kappa shape index (κ3) is 3.23. The van der Waals surface area contributed by atoms with Gasteiger partial charge < -0.3 is 14.5 Å². The molecular formula is C18H20FN3O2. The largest absolute Gasteiger partial charge is 0.370 e. The lowest BCUT2D eigenvalue weighted by Crippen LogP contribution is -2.42. The van der Waals surface area contributed by atoms with E-state index >= 15 is 0 Å². The standard InChI is InChI=1S/C18H20FN3O2/c1-21(2)17-14(7-5-9-20-17)18(23)22-10-11-24-16(12-22)13-6-3-4-8-15(13)19/h3-9,16H,10-12H2,1-2H3/t16-/m1/s1. The van der Waals surface area contributed by atoms with Gasteiger partial charge in [0.05, 0.1) is 18.7 Å². The number of morpholine rings is 1. The van der Waals surface area contributed by atoms with Crippen molar-refractivity contribution in [2.45, 2.75) is 6.10 Å². The molecule has 1 aliphatic heterocycles. The lowest BCUT2D eigenvalue weighted by molar-refractivity contribution is -0.0242. The predicted octanol–water partition coefficient (Wildman–Crippen LogP) is 2.50. The van der Waals surface area contributed by atoms with Gasteiger partial charge in [0, 0.05) is 32.4 Å². The minimum absolute atomic E-state index is 0.114. The molecule has 1 fully saturated rings. The van der Waals surface area contributed by atoms with E-state index < -0.39 is 6.10 Å². The number of benzene rings is 1. The van der Waals surface area contributed by atoms with Gasteiger partial charge in [-0.25, -0.2) is 9.37 Å². The van der Waals surface area contributed by atoms with Gasteiger partial charge in [-0.2, -0.15) is 0 Å². The Bertz CT molecular complexity index is 736. The number of carbonyl (C=O) groups excluding carboxylic acids is 1. The molecule has 0 N–H and O–H groups in total. The summed E-state index contributed by atoms with van der Waals surface area (Å²) in [4.78, 5) is 20.7. The van der Waals surface area contributed by atoms with Crippen LogP contribution < -0.4 is 4.90 Å². The molecule has 24 heavy (non-hydrogen) atoms. The van der Waals surface area contributed by atoms with Crippen molar-refractivity contribution in [2.75, 3.05) is 38.7 Å². The van der Waals surface area contributed by atoms with Crippen LogP contribution in [0.15, 0.2) is 42.6 Å². The number of rotatable bonds is 3. The number of aromatic nitrogens is 1. The summed E-state index contributed by atoms with van der Waals surface area (Å²) < 4.78 is 19.7. The first kappa shape index (κ1) is 16.4. The molecular weight excluding hydrogens is 309 g/mol. The lowest BCUT2D eigenvalue weighted by Gasteiger charge is -2.33. The first-order valence-electron chi connectivity index (χ1n) is 7.85. The van der Waals surface area contributed by atoms with Crippen molar-refractivity contribution in [3.05, 3.63) is 59.5 Å². The Balaban J connectivity index is 1.83. The topological polar surface area (TPSA) is 45.7 Å². The lowest BCUT2D eigenvalue weighted by atomic mass is 10.1. The number of pyridine rings is 1. The summed E-state index contributed by atoms with van der Waals surface area (Å²) in [6.45, 7) is 1.18. The van der Waals surface area contributed by atoms with E-state index in [2.05, 4.69) is 4.98 Å². The van der Waals surface area contributed by atoms with E-state index in [0.29, 0.717) is 36.6 Å². The van der Waals surface area contributed by atoms with Crippen molar-refractivity contribution in [3.8, 4) is 0 Å². The van der Waals surface area contributed by atoms with Crippen LogP contribution in [0.5, 0.6) is 0 Å². The van der Waals surface area contributed by atoms with Crippen molar-refractivity contribution in [3.63, 3.8) is 0 Å². The third-order valence-corrected chi connectivity index (χ3v) is 4.05. The average molecular weight is 329 g/mol. The fourth-order valence-electron chi connectivity index (χ4n) is 2.85. The molecule has 1 aromatic carbocycles. The van der Waals surface area contributed by atoms with E-state index in [0.717, 1.165) is 0 Å². The van der Waals surface area contributed by atoms with Gasteiger partial charge in [-0.3, -0.25) is 4.79 Å². The number of amides is 1. The maximum atomic E-state index is 14.0. The first-order valence-corrected chi connectivity index (χ1v) is 7.85. The number of halogens is 1. The summed E-state index contributed by atoms with van der Waals surface area (Å²) in [5, 5.41) is 0. The molecule has 2 heterocycles. The van der Waals surface area contributed by atoms with Crippen molar-refractivity contribution in [1.82, 2.24) is 9.88 Å². The average Bonchev–Trinajstić information content (AvgIpc) is 2.61. The molecule has 1 aromatic heterocycles. The van der Waals surface area contributed by atoms with Gasteiger partial charge in [0.2, 0.25) is 0 Å². The smallest absolute Gasteiger partial charge is 0.257 e. The molecule has 2 aromatic rings. The molecule has 0 radical (unpaired) electrons. The zero-order chi connectivity index (χ0) is 17.1. The van der Waals surface area contributed by atoms with Crippen LogP contribution in [0.2, 0.25) is 0 Å². The maximum absolute atomic E-state index is 14.0. The minimum Gasteiger partial charge on any atom is -0.370 e.